The van der Waals surface area contributed by atoms with Gasteiger partial charge in [0, 0.05) is 6.54 Å². The second kappa shape index (κ2) is 7.75. The smallest absolute Gasteiger partial charge is 0.407 e. The Bertz CT molecular complexity index is 732. The zero-order valence-corrected chi connectivity index (χ0v) is 13.1. The minimum Gasteiger partial charge on any atom is -0.445 e. The monoisotopic (exact) mass is 335 g/mol. The van der Waals surface area contributed by atoms with Crippen LogP contribution >= 0.6 is 0 Å². The van der Waals surface area contributed by atoms with E-state index in [1.807, 2.05) is 18.2 Å². The van der Waals surface area contributed by atoms with Crippen LogP contribution in [0.2, 0.25) is 0 Å². The fourth-order valence-electron chi connectivity index (χ4n) is 2.01. The Kier molecular flexibility index (Phi) is 5.72. The highest BCUT2D eigenvalue weighted by Crippen LogP contribution is 2.20. The topological polar surface area (TPSA) is 92.7 Å². The third-order valence-electron chi connectivity index (χ3n) is 3.18. The summed E-state index contributed by atoms with van der Waals surface area (Å²) in [5, 5.41) is 1.12. The first kappa shape index (κ1) is 17.0. The molecule has 0 aromatic heterocycles. The Morgan fingerprint density at radius 3 is 2.17 bits per heavy atom. The standard InChI is InChI=1S/C16H17NO5S/c18-16(22-12-13-7-3-1-4-8-13)17-11-15(23(19,20)21)14-9-5-2-6-10-14/h1-10,15H,11-12H2,(H,17,18)(H,19,20,21). The zero-order valence-electron chi connectivity index (χ0n) is 12.3. The Morgan fingerprint density at radius 1 is 1.04 bits per heavy atom. The number of hydrogen-bond acceptors (Lipinski definition) is 4. The summed E-state index contributed by atoms with van der Waals surface area (Å²) in [6.45, 7) is -0.203. The highest BCUT2D eigenvalue weighted by Gasteiger charge is 2.25. The van der Waals surface area contributed by atoms with Crippen LogP contribution in [0.15, 0.2) is 60.7 Å². The van der Waals surface area contributed by atoms with E-state index in [0.29, 0.717) is 5.56 Å². The molecule has 1 unspecified atom stereocenters. The highest BCUT2D eigenvalue weighted by molar-refractivity contribution is 7.86. The van der Waals surface area contributed by atoms with Gasteiger partial charge in [-0.15, -0.1) is 0 Å². The van der Waals surface area contributed by atoms with Crippen LogP contribution in [0.3, 0.4) is 0 Å². The molecule has 0 aliphatic heterocycles. The molecule has 2 aromatic rings. The van der Waals surface area contributed by atoms with Gasteiger partial charge in [0.2, 0.25) is 0 Å². The molecule has 0 saturated heterocycles. The van der Waals surface area contributed by atoms with Crippen LogP contribution in [-0.4, -0.2) is 25.6 Å². The lowest BCUT2D eigenvalue weighted by Gasteiger charge is -2.15. The van der Waals surface area contributed by atoms with E-state index < -0.39 is 21.5 Å². The maximum absolute atomic E-state index is 11.7. The molecule has 0 bridgehead atoms. The van der Waals surface area contributed by atoms with E-state index in [-0.39, 0.29) is 13.2 Å². The summed E-state index contributed by atoms with van der Waals surface area (Å²) in [5.41, 5.74) is 1.20. The van der Waals surface area contributed by atoms with Crippen LogP contribution < -0.4 is 5.32 Å². The number of carbonyl (C=O) groups excluding carboxylic acids is 1. The molecule has 122 valence electrons. The van der Waals surface area contributed by atoms with Gasteiger partial charge in [0.05, 0.1) is 0 Å². The Morgan fingerprint density at radius 2 is 1.61 bits per heavy atom. The van der Waals surface area contributed by atoms with Gasteiger partial charge in [-0.25, -0.2) is 4.79 Å². The fraction of sp³-hybridized carbons (Fsp3) is 0.188. The lowest BCUT2D eigenvalue weighted by atomic mass is 10.1. The second-order valence-electron chi connectivity index (χ2n) is 4.86. The number of alkyl carbamates (subject to hydrolysis) is 1. The first-order valence-corrected chi connectivity index (χ1v) is 8.43. The summed E-state index contributed by atoms with van der Waals surface area (Å²) in [7, 11) is -4.35. The van der Waals surface area contributed by atoms with E-state index in [2.05, 4.69) is 5.32 Å². The molecule has 2 rings (SSSR count). The fourth-order valence-corrected chi connectivity index (χ4v) is 2.81. The quantitative estimate of drug-likeness (QED) is 0.791. The summed E-state index contributed by atoms with van der Waals surface area (Å²) in [6.07, 6.45) is -0.751. The molecule has 0 aliphatic carbocycles. The summed E-state index contributed by atoms with van der Waals surface area (Å²) in [4.78, 5) is 11.7. The number of benzene rings is 2. The molecule has 0 aliphatic rings. The largest absolute Gasteiger partial charge is 0.445 e. The van der Waals surface area contributed by atoms with Crippen molar-refractivity contribution in [2.45, 2.75) is 11.9 Å². The van der Waals surface area contributed by atoms with Crippen LogP contribution in [0.4, 0.5) is 4.79 Å². The van der Waals surface area contributed by atoms with Crippen molar-refractivity contribution in [3.05, 3.63) is 71.8 Å². The zero-order chi connectivity index (χ0) is 16.7. The molecule has 0 heterocycles. The molecule has 1 amide bonds. The van der Waals surface area contributed by atoms with Gasteiger partial charge in [-0.3, -0.25) is 4.55 Å². The molecular formula is C16H17NO5S. The SMILES string of the molecule is O=C(NCC(c1ccccc1)S(=O)(=O)O)OCc1ccccc1. The molecule has 0 radical (unpaired) electrons. The van der Waals surface area contributed by atoms with Crippen molar-refractivity contribution in [1.82, 2.24) is 5.32 Å². The van der Waals surface area contributed by atoms with E-state index in [1.54, 1.807) is 42.5 Å². The number of hydrogen-bond donors (Lipinski definition) is 2. The van der Waals surface area contributed by atoms with Gasteiger partial charge in [0.15, 0.2) is 0 Å². The highest BCUT2D eigenvalue weighted by atomic mass is 32.2. The normalized spacial score (nSPS) is 12.4. The molecule has 7 heteroatoms. The molecule has 1 atom stereocenters. The van der Waals surface area contributed by atoms with Gasteiger partial charge in [-0.1, -0.05) is 60.7 Å². The number of ether oxygens (including phenoxy) is 1. The maximum atomic E-state index is 11.7. The molecule has 0 fully saturated rings. The Hall–Kier alpha value is -2.38. The first-order chi connectivity index (χ1) is 11.0. The van der Waals surface area contributed by atoms with E-state index in [9.17, 15) is 17.8 Å². The number of nitrogens with one attached hydrogen (secondary N) is 1. The van der Waals surface area contributed by atoms with Crippen LogP contribution in [0.25, 0.3) is 0 Å². The average Bonchev–Trinajstić information content (AvgIpc) is 2.54. The van der Waals surface area contributed by atoms with Crippen LogP contribution in [-0.2, 0) is 21.5 Å². The van der Waals surface area contributed by atoms with Crippen molar-refractivity contribution in [3.63, 3.8) is 0 Å². The minimum atomic E-state index is -4.35. The minimum absolute atomic E-state index is 0.0779. The summed E-state index contributed by atoms with van der Waals surface area (Å²) in [6, 6.07) is 17.3. The van der Waals surface area contributed by atoms with Crippen LogP contribution in [0.1, 0.15) is 16.4 Å². The lowest BCUT2D eigenvalue weighted by Crippen LogP contribution is -2.32. The van der Waals surface area contributed by atoms with Gasteiger partial charge >= 0.3 is 6.09 Å². The number of carbonyl (C=O) groups is 1. The van der Waals surface area contributed by atoms with Crippen molar-refractivity contribution in [2.24, 2.45) is 0 Å². The molecule has 2 aromatic carbocycles. The molecular weight excluding hydrogens is 318 g/mol. The predicted molar refractivity (Wildman–Crippen MR) is 85.4 cm³/mol. The van der Waals surface area contributed by atoms with E-state index >= 15 is 0 Å². The Labute approximate surface area is 134 Å². The van der Waals surface area contributed by atoms with Gasteiger partial charge in [0.25, 0.3) is 10.1 Å². The molecule has 2 N–H and O–H groups in total. The summed E-state index contributed by atoms with van der Waals surface area (Å²) in [5.74, 6) is 0. The van der Waals surface area contributed by atoms with Gasteiger partial charge in [-0.2, -0.15) is 8.42 Å². The van der Waals surface area contributed by atoms with Crippen molar-refractivity contribution >= 4 is 16.2 Å². The molecule has 0 spiro atoms. The van der Waals surface area contributed by atoms with E-state index in [4.69, 9.17) is 4.74 Å². The molecule has 0 saturated carbocycles. The van der Waals surface area contributed by atoms with Crippen molar-refractivity contribution < 1.29 is 22.5 Å². The number of rotatable bonds is 6. The molecule has 6 nitrogen and oxygen atoms in total. The van der Waals surface area contributed by atoms with Gasteiger partial charge < -0.3 is 10.1 Å². The van der Waals surface area contributed by atoms with E-state index in [0.717, 1.165) is 5.56 Å². The van der Waals surface area contributed by atoms with Crippen LogP contribution in [0, 0.1) is 0 Å². The average molecular weight is 335 g/mol. The van der Waals surface area contributed by atoms with Gasteiger partial charge in [-0.05, 0) is 11.1 Å². The van der Waals surface area contributed by atoms with E-state index in [1.165, 1.54) is 0 Å². The maximum Gasteiger partial charge on any atom is 0.407 e. The lowest BCUT2D eigenvalue weighted by molar-refractivity contribution is 0.139. The first-order valence-electron chi connectivity index (χ1n) is 6.92. The third-order valence-corrected chi connectivity index (χ3v) is 4.33. The summed E-state index contributed by atoms with van der Waals surface area (Å²) >= 11 is 0. The Balaban J connectivity index is 1.92. The summed E-state index contributed by atoms with van der Waals surface area (Å²) < 4.78 is 37.3. The van der Waals surface area contributed by atoms with Crippen LogP contribution in [0.5, 0.6) is 0 Å². The van der Waals surface area contributed by atoms with Crippen molar-refractivity contribution in [3.8, 4) is 0 Å². The third kappa shape index (κ3) is 5.39. The number of amides is 1. The van der Waals surface area contributed by atoms with Crippen molar-refractivity contribution in [2.75, 3.05) is 6.54 Å². The second-order valence-corrected chi connectivity index (χ2v) is 6.46. The van der Waals surface area contributed by atoms with Gasteiger partial charge in [0.1, 0.15) is 11.9 Å². The molecule has 23 heavy (non-hydrogen) atoms. The van der Waals surface area contributed by atoms with Crippen molar-refractivity contribution in [1.29, 1.82) is 0 Å². The predicted octanol–water partition coefficient (Wildman–Crippen LogP) is 2.54.